The number of rotatable bonds is 3. The van der Waals surface area contributed by atoms with Gasteiger partial charge in [-0.25, -0.2) is 17.9 Å². The van der Waals surface area contributed by atoms with Crippen LogP contribution in [0.3, 0.4) is 0 Å². The highest BCUT2D eigenvalue weighted by Gasteiger charge is 2.24. The van der Waals surface area contributed by atoms with Crippen molar-refractivity contribution >= 4 is 15.7 Å². The van der Waals surface area contributed by atoms with Gasteiger partial charge in [0.05, 0.1) is 10.9 Å². The standard InChI is InChI=1S/C15H15FN2O2S/c16-14-3-1-2-13-12(14)8-9-15(13)18-10-4-6-11(7-5-10)21(17,19)20/h1-7,15,18H,8-9H2,(H2,17,19,20). The van der Waals surface area contributed by atoms with Crippen molar-refractivity contribution in [3.05, 3.63) is 59.4 Å². The van der Waals surface area contributed by atoms with Gasteiger partial charge in [0.2, 0.25) is 10.0 Å². The van der Waals surface area contributed by atoms with Crippen LogP contribution in [-0.2, 0) is 16.4 Å². The quantitative estimate of drug-likeness (QED) is 0.915. The maximum absolute atomic E-state index is 13.7. The van der Waals surface area contributed by atoms with Crippen LogP contribution >= 0.6 is 0 Å². The Morgan fingerprint density at radius 1 is 1.14 bits per heavy atom. The summed E-state index contributed by atoms with van der Waals surface area (Å²) in [5, 5.41) is 8.36. The first-order valence-electron chi connectivity index (χ1n) is 6.62. The zero-order valence-electron chi connectivity index (χ0n) is 11.2. The van der Waals surface area contributed by atoms with Crippen LogP contribution in [0.2, 0.25) is 0 Å². The van der Waals surface area contributed by atoms with Gasteiger partial charge in [-0.3, -0.25) is 0 Å². The zero-order valence-corrected chi connectivity index (χ0v) is 12.0. The molecule has 6 heteroatoms. The monoisotopic (exact) mass is 306 g/mol. The molecular weight excluding hydrogens is 291 g/mol. The number of sulfonamides is 1. The molecule has 0 bridgehead atoms. The molecule has 1 aliphatic rings. The molecule has 0 saturated heterocycles. The van der Waals surface area contributed by atoms with E-state index in [4.69, 9.17) is 5.14 Å². The van der Waals surface area contributed by atoms with Crippen LogP contribution in [0, 0.1) is 5.82 Å². The van der Waals surface area contributed by atoms with E-state index >= 15 is 0 Å². The molecule has 0 aromatic heterocycles. The van der Waals surface area contributed by atoms with Gasteiger partial charge in [-0.1, -0.05) is 12.1 Å². The fourth-order valence-electron chi connectivity index (χ4n) is 2.70. The molecule has 4 nitrogen and oxygen atoms in total. The zero-order chi connectivity index (χ0) is 15.0. The lowest BCUT2D eigenvalue weighted by Crippen LogP contribution is -2.12. The number of fused-ring (bicyclic) bond motifs is 1. The molecule has 0 amide bonds. The third-order valence-electron chi connectivity index (χ3n) is 3.74. The summed E-state index contributed by atoms with van der Waals surface area (Å²) >= 11 is 0. The Kier molecular flexibility index (Phi) is 3.43. The van der Waals surface area contributed by atoms with Crippen LogP contribution in [0.1, 0.15) is 23.6 Å². The van der Waals surface area contributed by atoms with Crippen molar-refractivity contribution < 1.29 is 12.8 Å². The molecule has 1 atom stereocenters. The summed E-state index contributed by atoms with van der Waals surface area (Å²) in [5.74, 6) is -0.165. The maximum Gasteiger partial charge on any atom is 0.238 e. The van der Waals surface area contributed by atoms with Crippen molar-refractivity contribution in [2.24, 2.45) is 5.14 Å². The lowest BCUT2D eigenvalue weighted by Gasteiger charge is -2.15. The van der Waals surface area contributed by atoms with Crippen LogP contribution in [-0.4, -0.2) is 8.42 Å². The van der Waals surface area contributed by atoms with Gasteiger partial charge < -0.3 is 5.32 Å². The number of benzene rings is 2. The molecule has 0 fully saturated rings. The molecule has 2 aromatic carbocycles. The van der Waals surface area contributed by atoms with E-state index in [-0.39, 0.29) is 16.8 Å². The smallest absolute Gasteiger partial charge is 0.238 e. The number of nitrogens with two attached hydrogens (primary N) is 1. The first-order chi connectivity index (χ1) is 9.95. The summed E-state index contributed by atoms with van der Waals surface area (Å²) in [6, 6.07) is 11.4. The largest absolute Gasteiger partial charge is 0.378 e. The van der Waals surface area contributed by atoms with Crippen LogP contribution in [0.5, 0.6) is 0 Å². The Balaban J connectivity index is 1.82. The number of hydrogen-bond acceptors (Lipinski definition) is 3. The number of anilines is 1. The second kappa shape index (κ2) is 5.13. The van der Waals surface area contributed by atoms with Crippen molar-refractivity contribution in [2.45, 2.75) is 23.8 Å². The van der Waals surface area contributed by atoms with E-state index in [2.05, 4.69) is 5.32 Å². The van der Waals surface area contributed by atoms with Gasteiger partial charge in [-0.15, -0.1) is 0 Å². The number of nitrogens with one attached hydrogen (secondary N) is 1. The predicted octanol–water partition coefficient (Wildman–Crippen LogP) is 2.57. The number of halogens is 1. The topological polar surface area (TPSA) is 72.2 Å². The van der Waals surface area contributed by atoms with Crippen molar-refractivity contribution in [1.29, 1.82) is 0 Å². The van der Waals surface area contributed by atoms with Gasteiger partial charge in [0.25, 0.3) is 0 Å². The average Bonchev–Trinajstić information content (AvgIpc) is 2.83. The lowest BCUT2D eigenvalue weighted by atomic mass is 10.1. The summed E-state index contributed by atoms with van der Waals surface area (Å²) in [6.45, 7) is 0. The Morgan fingerprint density at radius 2 is 1.86 bits per heavy atom. The minimum atomic E-state index is -3.68. The number of hydrogen-bond donors (Lipinski definition) is 2. The second-order valence-electron chi connectivity index (χ2n) is 5.11. The third kappa shape index (κ3) is 2.77. The second-order valence-corrected chi connectivity index (χ2v) is 6.67. The molecule has 0 radical (unpaired) electrons. The van der Waals surface area contributed by atoms with Crippen LogP contribution < -0.4 is 10.5 Å². The van der Waals surface area contributed by atoms with E-state index in [0.717, 1.165) is 23.2 Å². The van der Waals surface area contributed by atoms with Gasteiger partial charge in [-0.05, 0) is 54.3 Å². The van der Waals surface area contributed by atoms with E-state index in [9.17, 15) is 12.8 Å². The molecule has 2 aromatic rings. The molecule has 1 aliphatic carbocycles. The molecule has 0 heterocycles. The van der Waals surface area contributed by atoms with E-state index in [1.165, 1.54) is 18.2 Å². The van der Waals surface area contributed by atoms with Gasteiger partial charge >= 0.3 is 0 Å². The third-order valence-corrected chi connectivity index (χ3v) is 4.67. The van der Waals surface area contributed by atoms with Crippen LogP contribution in [0.25, 0.3) is 0 Å². The minimum Gasteiger partial charge on any atom is -0.378 e. The summed E-state index contributed by atoms with van der Waals surface area (Å²) in [6.07, 6.45) is 1.52. The molecule has 3 N–H and O–H groups in total. The van der Waals surface area contributed by atoms with Crippen molar-refractivity contribution in [3.63, 3.8) is 0 Å². The van der Waals surface area contributed by atoms with Crippen molar-refractivity contribution in [1.82, 2.24) is 0 Å². The van der Waals surface area contributed by atoms with E-state index in [0.29, 0.717) is 6.42 Å². The fraction of sp³-hybridized carbons (Fsp3) is 0.200. The van der Waals surface area contributed by atoms with Crippen LogP contribution in [0.15, 0.2) is 47.4 Å². The normalized spacial score (nSPS) is 17.5. The maximum atomic E-state index is 13.7. The Hall–Kier alpha value is -1.92. The molecule has 21 heavy (non-hydrogen) atoms. The van der Waals surface area contributed by atoms with Gasteiger partial charge in [0.15, 0.2) is 0 Å². The molecule has 110 valence electrons. The van der Waals surface area contributed by atoms with Gasteiger partial charge in [0.1, 0.15) is 5.82 Å². The molecule has 1 unspecified atom stereocenters. The summed E-state index contributed by atoms with van der Waals surface area (Å²) in [4.78, 5) is 0.0749. The summed E-state index contributed by atoms with van der Waals surface area (Å²) < 4.78 is 36.1. The van der Waals surface area contributed by atoms with E-state index < -0.39 is 10.0 Å². The number of primary sulfonamides is 1. The molecule has 0 aliphatic heterocycles. The molecule has 0 spiro atoms. The van der Waals surface area contributed by atoms with Crippen molar-refractivity contribution in [3.8, 4) is 0 Å². The summed E-state index contributed by atoms with van der Waals surface area (Å²) in [7, 11) is -3.68. The molecule has 0 saturated carbocycles. The van der Waals surface area contributed by atoms with Gasteiger partial charge in [0, 0.05) is 5.69 Å². The van der Waals surface area contributed by atoms with E-state index in [1.807, 2.05) is 6.07 Å². The SMILES string of the molecule is NS(=O)(=O)c1ccc(NC2CCc3c(F)cccc32)cc1. The Labute approximate surface area is 122 Å². The van der Waals surface area contributed by atoms with Crippen LogP contribution in [0.4, 0.5) is 10.1 Å². The fourth-order valence-corrected chi connectivity index (χ4v) is 3.22. The van der Waals surface area contributed by atoms with Crippen molar-refractivity contribution in [2.75, 3.05) is 5.32 Å². The highest BCUT2D eigenvalue weighted by Crippen LogP contribution is 2.35. The minimum absolute atomic E-state index is 0.0380. The Morgan fingerprint density at radius 3 is 2.52 bits per heavy atom. The van der Waals surface area contributed by atoms with Gasteiger partial charge in [-0.2, -0.15) is 0 Å². The highest BCUT2D eigenvalue weighted by atomic mass is 32.2. The van der Waals surface area contributed by atoms with E-state index in [1.54, 1.807) is 18.2 Å². The first-order valence-corrected chi connectivity index (χ1v) is 8.16. The predicted molar refractivity (Wildman–Crippen MR) is 78.9 cm³/mol. The first kappa shape index (κ1) is 14.0. The lowest BCUT2D eigenvalue weighted by molar-refractivity contribution is 0.598. The Bertz CT molecular complexity index is 773. The molecular formula is C15H15FN2O2S. The summed E-state index contributed by atoms with van der Waals surface area (Å²) in [5.41, 5.74) is 2.51. The average molecular weight is 306 g/mol. The molecule has 3 rings (SSSR count). The highest BCUT2D eigenvalue weighted by molar-refractivity contribution is 7.89.